The van der Waals surface area contributed by atoms with E-state index in [1.807, 2.05) is 18.2 Å². The van der Waals surface area contributed by atoms with Crippen molar-refractivity contribution in [2.24, 2.45) is 0 Å². The van der Waals surface area contributed by atoms with Gasteiger partial charge in [-0.25, -0.2) is 4.79 Å². The van der Waals surface area contributed by atoms with E-state index in [1.165, 1.54) is 0 Å². The van der Waals surface area contributed by atoms with E-state index in [0.29, 0.717) is 16.6 Å². The van der Waals surface area contributed by atoms with Gasteiger partial charge in [-0.1, -0.05) is 78.0 Å². The van der Waals surface area contributed by atoms with Gasteiger partial charge in [-0.2, -0.15) is 0 Å². The summed E-state index contributed by atoms with van der Waals surface area (Å²) in [5.41, 5.74) is 3.78. The number of benzene rings is 1. The Hall–Kier alpha value is -1.37. The van der Waals surface area contributed by atoms with Gasteiger partial charge in [-0.15, -0.1) is 0 Å². The zero-order chi connectivity index (χ0) is 16.9. The van der Waals surface area contributed by atoms with Crippen molar-refractivity contribution in [3.05, 3.63) is 46.7 Å². The van der Waals surface area contributed by atoms with Gasteiger partial charge < -0.3 is 0 Å². The molecule has 1 rings (SSSR count). The molecule has 0 aromatic heterocycles. The van der Waals surface area contributed by atoms with Crippen LogP contribution in [-0.4, -0.2) is 14.0 Å². The van der Waals surface area contributed by atoms with Gasteiger partial charge in [0, 0.05) is 5.20 Å². The highest BCUT2D eigenvalue weighted by Crippen LogP contribution is 2.47. The quantitative estimate of drug-likeness (QED) is 0.354. The Morgan fingerprint density at radius 1 is 0.955 bits per heavy atom. The van der Waals surface area contributed by atoms with Crippen molar-refractivity contribution in [3.8, 4) is 0 Å². The monoisotopic (exact) mass is 314 g/mol. The lowest BCUT2D eigenvalue weighted by Gasteiger charge is -2.43. The zero-order valence-corrected chi connectivity index (χ0v) is 16.1. The molecule has 0 bridgehead atoms. The molecule has 2 heteroatoms. The molecule has 0 fully saturated rings. The van der Waals surface area contributed by atoms with Crippen molar-refractivity contribution in [1.29, 1.82) is 0 Å². The molecule has 0 aliphatic carbocycles. The summed E-state index contributed by atoms with van der Waals surface area (Å²) < 4.78 is 0. The fraction of sp³-hybridized carbons (Fsp3) is 0.500. The first-order valence-electron chi connectivity index (χ1n) is 8.27. The predicted molar refractivity (Wildman–Crippen MR) is 100 cm³/mol. The molecule has 0 N–H and O–H groups in total. The van der Waals surface area contributed by atoms with Crippen LogP contribution >= 0.6 is 0 Å². The molecule has 0 aliphatic heterocycles. The third-order valence-corrected chi connectivity index (χ3v) is 12.1. The minimum Gasteiger partial charge on any atom is -0.234 e. The van der Waals surface area contributed by atoms with Gasteiger partial charge in [-0.05, 0) is 34.7 Å². The smallest absolute Gasteiger partial charge is 0.123 e. The first-order valence-corrected chi connectivity index (χ1v) is 10.5. The van der Waals surface area contributed by atoms with Crippen molar-refractivity contribution >= 4 is 20.1 Å². The van der Waals surface area contributed by atoms with Crippen molar-refractivity contribution in [2.45, 2.75) is 65.1 Å². The van der Waals surface area contributed by atoms with E-state index < -0.39 is 8.07 Å². The first kappa shape index (κ1) is 18.7. The highest BCUT2D eigenvalue weighted by Gasteiger charge is 2.47. The lowest BCUT2D eigenvalue weighted by atomic mass is 10.1. The fourth-order valence-corrected chi connectivity index (χ4v) is 10.9. The third-order valence-electron chi connectivity index (χ3n) is 4.98. The molecule has 1 aromatic rings. The normalized spacial score (nSPS) is 12.9. The molecule has 120 valence electrons. The van der Waals surface area contributed by atoms with E-state index in [4.69, 9.17) is 0 Å². The maximum atomic E-state index is 11.9. The molecule has 0 radical (unpaired) electrons. The van der Waals surface area contributed by atoms with Crippen LogP contribution in [0.3, 0.4) is 0 Å². The molecule has 1 nitrogen and oxygen atoms in total. The lowest BCUT2D eigenvalue weighted by Crippen LogP contribution is -2.47. The highest BCUT2D eigenvalue weighted by molar-refractivity contribution is 6.91. The fourth-order valence-electron chi connectivity index (χ4n) is 4.25. The van der Waals surface area contributed by atoms with Crippen LogP contribution in [0.2, 0.25) is 16.6 Å². The number of hydrogen-bond acceptors (Lipinski definition) is 1. The Bertz CT molecular complexity index is 539. The molecule has 0 spiro atoms. The summed E-state index contributed by atoms with van der Waals surface area (Å²) in [6.07, 6.45) is 2.13. The van der Waals surface area contributed by atoms with E-state index in [1.54, 1.807) is 0 Å². The maximum absolute atomic E-state index is 11.9. The molecular formula is C20H30OSi. The van der Waals surface area contributed by atoms with Crippen LogP contribution in [0.1, 0.15) is 54.0 Å². The first-order chi connectivity index (χ1) is 10.3. The zero-order valence-electron chi connectivity index (χ0n) is 15.1. The van der Waals surface area contributed by atoms with Gasteiger partial charge in [-0.3, -0.25) is 0 Å². The van der Waals surface area contributed by atoms with Gasteiger partial charge in [0.1, 0.15) is 14.0 Å². The van der Waals surface area contributed by atoms with Gasteiger partial charge in [0.05, 0.1) is 0 Å². The SMILES string of the molecule is C/C(=C\c1ccccc1)C(=C=O)[Si](C(C)C)(C(C)C)C(C)C. The van der Waals surface area contributed by atoms with E-state index >= 15 is 0 Å². The van der Waals surface area contributed by atoms with Crippen LogP contribution in [0, 0.1) is 0 Å². The lowest BCUT2D eigenvalue weighted by molar-refractivity contribution is 0.568. The molecule has 0 saturated carbocycles. The maximum Gasteiger partial charge on any atom is 0.123 e. The molecule has 0 amide bonds. The van der Waals surface area contributed by atoms with E-state index in [2.05, 4.69) is 72.6 Å². The van der Waals surface area contributed by atoms with Gasteiger partial charge in [0.25, 0.3) is 0 Å². The Kier molecular flexibility index (Phi) is 6.59. The molecule has 0 saturated heterocycles. The summed E-state index contributed by atoms with van der Waals surface area (Å²) in [6, 6.07) is 10.2. The second kappa shape index (κ2) is 7.76. The minimum absolute atomic E-state index is 0.517. The minimum atomic E-state index is -1.95. The number of carbonyl (C=O) groups excluding carboxylic acids is 1. The Morgan fingerprint density at radius 2 is 1.41 bits per heavy atom. The van der Waals surface area contributed by atoms with Gasteiger partial charge in [0.15, 0.2) is 0 Å². The standard InChI is InChI=1S/C20H30OSi/c1-15(2)22(16(3)4,17(5)6)20(14-21)18(7)13-19-11-9-8-10-12-19/h8-13,15-17H,1-7H3/b18-13+. The van der Waals surface area contributed by atoms with Crippen LogP contribution in [0.5, 0.6) is 0 Å². The van der Waals surface area contributed by atoms with Crippen molar-refractivity contribution in [1.82, 2.24) is 0 Å². The van der Waals surface area contributed by atoms with Crippen molar-refractivity contribution in [2.75, 3.05) is 0 Å². The van der Waals surface area contributed by atoms with E-state index in [9.17, 15) is 4.79 Å². The summed E-state index contributed by atoms with van der Waals surface area (Å²) in [5, 5.41) is 0.969. The van der Waals surface area contributed by atoms with Crippen molar-refractivity contribution < 1.29 is 4.79 Å². The summed E-state index contributed by atoms with van der Waals surface area (Å²) in [5.74, 6) is 2.37. The Balaban J connectivity index is 3.45. The summed E-state index contributed by atoms with van der Waals surface area (Å²) in [7, 11) is -1.95. The predicted octanol–water partition coefficient (Wildman–Crippen LogP) is 6.07. The van der Waals surface area contributed by atoms with E-state index in [-0.39, 0.29) is 0 Å². The molecular weight excluding hydrogens is 284 g/mol. The van der Waals surface area contributed by atoms with Crippen LogP contribution < -0.4 is 0 Å². The van der Waals surface area contributed by atoms with Crippen LogP contribution in [-0.2, 0) is 4.79 Å². The highest BCUT2D eigenvalue weighted by atomic mass is 28.3. The topological polar surface area (TPSA) is 17.1 Å². The van der Waals surface area contributed by atoms with Gasteiger partial charge >= 0.3 is 0 Å². The molecule has 1 aromatic carbocycles. The van der Waals surface area contributed by atoms with Crippen molar-refractivity contribution in [3.63, 3.8) is 0 Å². The molecule has 0 unspecified atom stereocenters. The molecule has 0 aliphatic rings. The van der Waals surface area contributed by atoms with E-state index in [0.717, 1.165) is 16.3 Å². The van der Waals surface area contributed by atoms with Crippen LogP contribution in [0.15, 0.2) is 41.1 Å². The molecule has 0 heterocycles. The van der Waals surface area contributed by atoms with Gasteiger partial charge in [0.2, 0.25) is 0 Å². The summed E-state index contributed by atoms with van der Waals surface area (Å²) in [4.78, 5) is 11.9. The van der Waals surface area contributed by atoms with Crippen LogP contribution in [0.4, 0.5) is 0 Å². The second-order valence-electron chi connectivity index (χ2n) is 7.11. The number of allylic oxidation sites excluding steroid dienone is 2. The summed E-state index contributed by atoms with van der Waals surface area (Å²) >= 11 is 0. The number of rotatable bonds is 6. The van der Waals surface area contributed by atoms with Crippen LogP contribution in [0.25, 0.3) is 6.08 Å². The summed E-state index contributed by atoms with van der Waals surface area (Å²) in [6.45, 7) is 15.7. The largest absolute Gasteiger partial charge is 0.234 e. The number of hydrogen-bond donors (Lipinski definition) is 0. The molecule has 22 heavy (non-hydrogen) atoms. The Labute approximate surface area is 137 Å². The average molecular weight is 315 g/mol. The third kappa shape index (κ3) is 3.51. The average Bonchev–Trinajstić information content (AvgIpc) is 2.43. The molecule has 0 atom stereocenters. The second-order valence-corrected chi connectivity index (χ2v) is 12.9. The Morgan fingerprint density at radius 3 is 1.77 bits per heavy atom.